The van der Waals surface area contributed by atoms with E-state index in [4.69, 9.17) is 9.72 Å². The van der Waals surface area contributed by atoms with Gasteiger partial charge in [0, 0.05) is 23.5 Å². The van der Waals surface area contributed by atoms with Gasteiger partial charge in [0.05, 0.1) is 37.3 Å². The number of fused-ring (bicyclic) bond motifs is 1. The SMILES string of the molecule is CCOc1nc(C)c2nc(-c3cncc(F)c3)n(Cc3cnn(C4CCN(C)CC4)c3)c2n1. The van der Waals surface area contributed by atoms with Crippen molar-refractivity contribution in [1.29, 1.82) is 0 Å². The predicted molar refractivity (Wildman–Crippen MR) is 122 cm³/mol. The van der Waals surface area contributed by atoms with E-state index in [1.807, 2.05) is 24.6 Å². The molecule has 5 rings (SSSR count). The zero-order chi connectivity index (χ0) is 22.9. The first-order valence-electron chi connectivity index (χ1n) is 11.2. The van der Waals surface area contributed by atoms with Crippen LogP contribution in [0.5, 0.6) is 6.01 Å². The van der Waals surface area contributed by atoms with Gasteiger partial charge in [-0.25, -0.2) is 9.37 Å². The molecule has 1 saturated heterocycles. The van der Waals surface area contributed by atoms with Crippen LogP contribution in [0.4, 0.5) is 4.39 Å². The Morgan fingerprint density at radius 1 is 1.12 bits per heavy atom. The maximum atomic E-state index is 14.0. The van der Waals surface area contributed by atoms with Crippen molar-refractivity contribution in [2.45, 2.75) is 39.3 Å². The van der Waals surface area contributed by atoms with Crippen molar-refractivity contribution >= 4 is 11.2 Å². The van der Waals surface area contributed by atoms with Crippen LogP contribution < -0.4 is 4.74 Å². The van der Waals surface area contributed by atoms with Crippen LogP contribution in [0.15, 0.2) is 30.9 Å². The number of aromatic nitrogens is 7. The molecule has 4 aromatic rings. The average molecular weight is 451 g/mol. The molecule has 0 atom stereocenters. The highest BCUT2D eigenvalue weighted by molar-refractivity contribution is 5.79. The summed E-state index contributed by atoms with van der Waals surface area (Å²) < 4.78 is 23.6. The summed E-state index contributed by atoms with van der Waals surface area (Å²) in [6.45, 7) is 6.84. The Bertz CT molecular complexity index is 1270. The van der Waals surface area contributed by atoms with Gasteiger partial charge in [-0.2, -0.15) is 15.1 Å². The second-order valence-corrected chi connectivity index (χ2v) is 8.47. The molecule has 0 amide bonds. The fraction of sp³-hybridized carbons (Fsp3) is 0.435. The van der Waals surface area contributed by atoms with Crippen LogP contribution in [0.2, 0.25) is 0 Å². The number of pyridine rings is 1. The molecule has 0 saturated carbocycles. The monoisotopic (exact) mass is 450 g/mol. The number of hydrogen-bond acceptors (Lipinski definition) is 7. The van der Waals surface area contributed by atoms with Crippen LogP contribution in [0.1, 0.15) is 37.1 Å². The van der Waals surface area contributed by atoms with Gasteiger partial charge < -0.3 is 14.2 Å². The van der Waals surface area contributed by atoms with E-state index in [0.29, 0.717) is 53.4 Å². The number of halogens is 1. The number of piperidine rings is 1. The van der Waals surface area contributed by atoms with Crippen LogP contribution in [-0.2, 0) is 6.54 Å². The van der Waals surface area contributed by atoms with E-state index in [-0.39, 0.29) is 0 Å². The van der Waals surface area contributed by atoms with Gasteiger partial charge in [-0.1, -0.05) is 0 Å². The molecular weight excluding hydrogens is 423 g/mol. The fourth-order valence-electron chi connectivity index (χ4n) is 4.31. The summed E-state index contributed by atoms with van der Waals surface area (Å²) >= 11 is 0. The van der Waals surface area contributed by atoms with Crippen molar-refractivity contribution < 1.29 is 9.13 Å². The Kier molecular flexibility index (Phi) is 5.76. The molecule has 0 spiro atoms. The smallest absolute Gasteiger partial charge is 0.318 e. The first kappa shape index (κ1) is 21.4. The highest BCUT2D eigenvalue weighted by atomic mass is 19.1. The van der Waals surface area contributed by atoms with Crippen molar-refractivity contribution in [1.82, 2.24) is 39.2 Å². The summed E-state index contributed by atoms with van der Waals surface area (Å²) in [6, 6.07) is 2.13. The van der Waals surface area contributed by atoms with E-state index in [1.54, 1.807) is 6.20 Å². The largest absolute Gasteiger partial charge is 0.464 e. The van der Waals surface area contributed by atoms with Crippen LogP contribution in [0.3, 0.4) is 0 Å². The quantitative estimate of drug-likeness (QED) is 0.446. The van der Waals surface area contributed by atoms with E-state index >= 15 is 0 Å². The minimum atomic E-state index is -0.418. The van der Waals surface area contributed by atoms with Crippen molar-refractivity contribution in [2.75, 3.05) is 26.7 Å². The number of ether oxygens (including phenoxy) is 1. The topological polar surface area (TPSA) is 86.8 Å². The zero-order valence-electron chi connectivity index (χ0n) is 19.1. The van der Waals surface area contributed by atoms with Crippen LogP contribution in [0.25, 0.3) is 22.6 Å². The summed E-state index contributed by atoms with van der Waals surface area (Å²) in [5.74, 6) is 0.161. The first-order chi connectivity index (χ1) is 16.0. The number of likely N-dealkylation sites (tertiary alicyclic amines) is 1. The van der Waals surface area contributed by atoms with Gasteiger partial charge in [0.25, 0.3) is 0 Å². The van der Waals surface area contributed by atoms with Crippen molar-refractivity contribution in [3.8, 4) is 17.4 Å². The molecule has 1 aliphatic rings. The van der Waals surface area contributed by atoms with E-state index in [9.17, 15) is 4.39 Å². The van der Waals surface area contributed by atoms with Gasteiger partial charge in [0.2, 0.25) is 0 Å². The number of nitrogens with zero attached hydrogens (tertiary/aromatic N) is 8. The van der Waals surface area contributed by atoms with Gasteiger partial charge >= 0.3 is 6.01 Å². The van der Waals surface area contributed by atoms with Gasteiger partial charge in [-0.05, 0) is 52.9 Å². The predicted octanol–water partition coefficient (Wildman–Crippen LogP) is 3.25. The number of imidazole rings is 1. The van der Waals surface area contributed by atoms with Crippen molar-refractivity contribution in [3.05, 3.63) is 47.9 Å². The summed E-state index contributed by atoms with van der Waals surface area (Å²) in [7, 11) is 2.15. The van der Waals surface area contributed by atoms with Gasteiger partial charge in [0.15, 0.2) is 5.65 Å². The minimum Gasteiger partial charge on any atom is -0.464 e. The lowest BCUT2D eigenvalue weighted by Crippen LogP contribution is -2.31. The molecule has 0 bridgehead atoms. The second-order valence-electron chi connectivity index (χ2n) is 8.47. The average Bonchev–Trinajstić information content (AvgIpc) is 3.41. The maximum absolute atomic E-state index is 14.0. The molecule has 0 N–H and O–H groups in total. The third-order valence-electron chi connectivity index (χ3n) is 6.04. The molecule has 172 valence electrons. The maximum Gasteiger partial charge on any atom is 0.318 e. The van der Waals surface area contributed by atoms with Crippen LogP contribution >= 0.6 is 0 Å². The zero-order valence-corrected chi connectivity index (χ0v) is 19.1. The Labute approximate surface area is 191 Å². The lowest BCUT2D eigenvalue weighted by Gasteiger charge is -2.28. The normalized spacial score (nSPS) is 15.4. The molecule has 10 heteroatoms. The number of aryl methyl sites for hydroxylation is 1. The van der Waals surface area contributed by atoms with Gasteiger partial charge in [0.1, 0.15) is 17.2 Å². The summed E-state index contributed by atoms with van der Waals surface area (Å²) in [5.41, 5.74) is 3.59. The third kappa shape index (κ3) is 4.30. The van der Waals surface area contributed by atoms with E-state index in [0.717, 1.165) is 31.5 Å². The lowest BCUT2D eigenvalue weighted by molar-refractivity contribution is 0.212. The lowest BCUT2D eigenvalue weighted by atomic mass is 10.1. The van der Waals surface area contributed by atoms with E-state index in [2.05, 4.69) is 42.9 Å². The first-order valence-corrected chi connectivity index (χ1v) is 11.2. The van der Waals surface area contributed by atoms with E-state index in [1.165, 1.54) is 12.3 Å². The second kappa shape index (κ2) is 8.86. The Balaban J connectivity index is 1.56. The van der Waals surface area contributed by atoms with Crippen LogP contribution in [-0.4, -0.2) is 65.9 Å². The molecule has 1 aliphatic heterocycles. The molecule has 5 heterocycles. The highest BCUT2D eigenvalue weighted by Gasteiger charge is 2.21. The van der Waals surface area contributed by atoms with Crippen molar-refractivity contribution in [3.63, 3.8) is 0 Å². The standard InChI is InChI=1S/C23H27FN8O/c1-4-33-23-27-15(2)20-22(29-23)31(21(28-20)17-9-18(24)12-25-11-17)13-16-10-26-32(14-16)19-5-7-30(3)8-6-19/h9-12,14,19H,4-8,13H2,1-3H3. The van der Waals surface area contributed by atoms with Gasteiger partial charge in [-0.15, -0.1) is 0 Å². The third-order valence-corrected chi connectivity index (χ3v) is 6.04. The van der Waals surface area contributed by atoms with Crippen molar-refractivity contribution in [2.24, 2.45) is 0 Å². The summed E-state index contributed by atoms with van der Waals surface area (Å²) in [6.07, 6.45) is 8.92. The Morgan fingerprint density at radius 3 is 2.70 bits per heavy atom. The molecule has 0 aromatic carbocycles. The molecule has 1 fully saturated rings. The minimum absolute atomic E-state index is 0.301. The van der Waals surface area contributed by atoms with E-state index < -0.39 is 5.82 Å². The molecule has 0 radical (unpaired) electrons. The van der Waals surface area contributed by atoms with Gasteiger partial charge in [-0.3, -0.25) is 9.67 Å². The molecular formula is C23H27FN8O. The summed E-state index contributed by atoms with van der Waals surface area (Å²) in [4.78, 5) is 20.2. The Hall–Kier alpha value is -3.40. The van der Waals surface area contributed by atoms with Crippen LogP contribution in [0, 0.1) is 12.7 Å². The number of rotatable bonds is 6. The summed E-state index contributed by atoms with van der Waals surface area (Å²) in [5, 5.41) is 4.64. The molecule has 0 aliphatic carbocycles. The molecule has 4 aromatic heterocycles. The molecule has 9 nitrogen and oxygen atoms in total. The molecule has 0 unspecified atom stereocenters. The number of hydrogen-bond donors (Lipinski definition) is 0. The fourth-order valence-corrected chi connectivity index (χ4v) is 4.31. The molecule has 33 heavy (non-hydrogen) atoms. The highest BCUT2D eigenvalue weighted by Crippen LogP contribution is 2.28. The Morgan fingerprint density at radius 2 is 1.94 bits per heavy atom.